The summed E-state index contributed by atoms with van der Waals surface area (Å²) in [5.74, 6) is 0.793. The number of nitrogens with one attached hydrogen (secondary N) is 2. The fourth-order valence-corrected chi connectivity index (χ4v) is 3.64. The van der Waals surface area contributed by atoms with Gasteiger partial charge in [0.2, 0.25) is 5.91 Å². The molecule has 2 heterocycles. The molecule has 1 aliphatic heterocycles. The molecule has 0 aromatic carbocycles. The van der Waals surface area contributed by atoms with Gasteiger partial charge in [-0.1, -0.05) is 19.8 Å². The molecule has 1 amide bonds. The standard InChI is InChI=1S/C15H24N4O/c1-3-11-14(9-19(2)18-11)17-15(20)13-8-10-6-4-5-7-12(10)16-13/h9-10,12-13,16H,3-8H2,1-2H3,(H,17,20). The Labute approximate surface area is 120 Å². The number of hydrogen-bond acceptors (Lipinski definition) is 3. The highest BCUT2D eigenvalue weighted by Crippen LogP contribution is 2.33. The van der Waals surface area contributed by atoms with Gasteiger partial charge in [0, 0.05) is 19.3 Å². The van der Waals surface area contributed by atoms with E-state index in [2.05, 4.69) is 22.7 Å². The topological polar surface area (TPSA) is 59.0 Å². The quantitative estimate of drug-likeness (QED) is 0.885. The molecule has 2 fully saturated rings. The Hall–Kier alpha value is -1.36. The predicted molar refractivity (Wildman–Crippen MR) is 78.5 cm³/mol. The summed E-state index contributed by atoms with van der Waals surface area (Å²) in [4.78, 5) is 12.4. The molecule has 110 valence electrons. The van der Waals surface area contributed by atoms with Gasteiger partial charge in [-0.05, 0) is 31.6 Å². The number of fused-ring (bicyclic) bond motifs is 1. The zero-order valence-electron chi connectivity index (χ0n) is 12.4. The van der Waals surface area contributed by atoms with Crippen molar-refractivity contribution in [3.05, 3.63) is 11.9 Å². The molecule has 3 unspecified atom stereocenters. The number of hydrogen-bond donors (Lipinski definition) is 2. The third-order valence-electron chi connectivity index (χ3n) is 4.68. The normalized spacial score (nSPS) is 29.2. The van der Waals surface area contributed by atoms with Crippen LogP contribution in [0.4, 0.5) is 5.69 Å². The smallest absolute Gasteiger partial charge is 0.241 e. The van der Waals surface area contributed by atoms with Gasteiger partial charge in [-0.15, -0.1) is 0 Å². The number of rotatable bonds is 3. The van der Waals surface area contributed by atoms with E-state index in [0.717, 1.165) is 24.2 Å². The van der Waals surface area contributed by atoms with E-state index in [1.54, 1.807) is 4.68 Å². The van der Waals surface area contributed by atoms with Crippen molar-refractivity contribution in [3.63, 3.8) is 0 Å². The lowest BCUT2D eigenvalue weighted by molar-refractivity contribution is -0.117. The number of carbonyl (C=O) groups excluding carboxylic acids is 1. The van der Waals surface area contributed by atoms with E-state index >= 15 is 0 Å². The highest BCUT2D eigenvalue weighted by Gasteiger charge is 2.38. The van der Waals surface area contributed by atoms with Crippen LogP contribution < -0.4 is 10.6 Å². The Bertz CT molecular complexity index is 482. The second-order valence-electron chi connectivity index (χ2n) is 6.11. The van der Waals surface area contributed by atoms with E-state index in [4.69, 9.17) is 0 Å². The molecule has 1 aromatic heterocycles. The van der Waals surface area contributed by atoms with Crippen LogP contribution >= 0.6 is 0 Å². The minimum Gasteiger partial charge on any atom is -0.322 e. The average molecular weight is 276 g/mol. The van der Waals surface area contributed by atoms with Crippen LogP contribution in [0.2, 0.25) is 0 Å². The first-order chi connectivity index (χ1) is 9.67. The first kappa shape index (κ1) is 13.6. The highest BCUT2D eigenvalue weighted by molar-refractivity contribution is 5.95. The summed E-state index contributed by atoms with van der Waals surface area (Å²) in [6.07, 6.45) is 8.82. The fraction of sp³-hybridized carbons (Fsp3) is 0.733. The molecule has 3 atom stereocenters. The lowest BCUT2D eigenvalue weighted by Crippen LogP contribution is -2.40. The summed E-state index contributed by atoms with van der Waals surface area (Å²) in [6, 6.07) is 0.520. The van der Waals surface area contributed by atoms with Crippen molar-refractivity contribution in [1.82, 2.24) is 15.1 Å². The Morgan fingerprint density at radius 1 is 1.50 bits per heavy atom. The van der Waals surface area contributed by atoms with E-state index in [1.165, 1.54) is 25.7 Å². The Kier molecular flexibility index (Phi) is 3.78. The zero-order valence-corrected chi connectivity index (χ0v) is 12.4. The number of aromatic nitrogens is 2. The lowest BCUT2D eigenvalue weighted by Gasteiger charge is -2.24. The molecular weight excluding hydrogens is 252 g/mol. The minimum absolute atomic E-state index is 0.0342. The molecule has 20 heavy (non-hydrogen) atoms. The lowest BCUT2D eigenvalue weighted by atomic mass is 9.85. The average Bonchev–Trinajstić information content (AvgIpc) is 3.01. The van der Waals surface area contributed by atoms with Crippen molar-refractivity contribution in [2.45, 2.75) is 57.5 Å². The van der Waals surface area contributed by atoms with Gasteiger partial charge in [0.15, 0.2) is 0 Å². The number of anilines is 1. The predicted octanol–water partition coefficient (Wildman–Crippen LogP) is 1.84. The van der Waals surface area contributed by atoms with Gasteiger partial charge in [0.1, 0.15) is 0 Å². The molecule has 1 saturated carbocycles. The van der Waals surface area contributed by atoms with E-state index in [1.807, 2.05) is 13.2 Å². The van der Waals surface area contributed by atoms with Crippen LogP contribution in [0.15, 0.2) is 6.20 Å². The van der Waals surface area contributed by atoms with Crippen molar-refractivity contribution in [2.24, 2.45) is 13.0 Å². The maximum Gasteiger partial charge on any atom is 0.241 e. The van der Waals surface area contributed by atoms with Gasteiger partial charge in [-0.3, -0.25) is 9.48 Å². The number of nitrogens with zero attached hydrogens (tertiary/aromatic N) is 2. The molecule has 1 aromatic rings. The van der Waals surface area contributed by atoms with Crippen LogP contribution in [-0.4, -0.2) is 27.8 Å². The van der Waals surface area contributed by atoms with Crippen molar-refractivity contribution >= 4 is 11.6 Å². The van der Waals surface area contributed by atoms with E-state index < -0.39 is 0 Å². The molecule has 1 saturated heterocycles. The van der Waals surface area contributed by atoms with Crippen LogP contribution in [0.1, 0.15) is 44.7 Å². The maximum atomic E-state index is 12.4. The SMILES string of the molecule is CCc1nn(C)cc1NC(=O)C1CC2CCCCC2N1. The molecule has 0 radical (unpaired) electrons. The Morgan fingerprint density at radius 2 is 2.30 bits per heavy atom. The minimum atomic E-state index is -0.0342. The largest absolute Gasteiger partial charge is 0.322 e. The van der Waals surface area contributed by atoms with Crippen molar-refractivity contribution < 1.29 is 4.79 Å². The molecule has 0 spiro atoms. The molecule has 5 nitrogen and oxygen atoms in total. The van der Waals surface area contributed by atoms with Crippen LogP contribution in [-0.2, 0) is 18.3 Å². The van der Waals surface area contributed by atoms with Crippen molar-refractivity contribution in [1.29, 1.82) is 0 Å². The number of carbonyl (C=O) groups is 1. The molecular formula is C15H24N4O. The first-order valence-corrected chi connectivity index (χ1v) is 7.76. The third kappa shape index (κ3) is 2.59. The summed E-state index contributed by atoms with van der Waals surface area (Å²) in [5.41, 5.74) is 1.81. The van der Waals surface area contributed by atoms with Crippen LogP contribution in [0.25, 0.3) is 0 Å². The van der Waals surface area contributed by atoms with Gasteiger partial charge in [-0.2, -0.15) is 5.10 Å². The zero-order chi connectivity index (χ0) is 14.1. The van der Waals surface area contributed by atoms with Gasteiger partial charge in [-0.25, -0.2) is 0 Å². The summed E-state index contributed by atoms with van der Waals surface area (Å²) in [6.45, 7) is 2.06. The summed E-state index contributed by atoms with van der Waals surface area (Å²) < 4.78 is 1.76. The second kappa shape index (κ2) is 5.56. The van der Waals surface area contributed by atoms with E-state index in [-0.39, 0.29) is 11.9 Å². The molecule has 2 N–H and O–H groups in total. The van der Waals surface area contributed by atoms with Crippen LogP contribution in [0, 0.1) is 5.92 Å². The van der Waals surface area contributed by atoms with Crippen LogP contribution in [0.5, 0.6) is 0 Å². The summed E-state index contributed by atoms with van der Waals surface area (Å²) >= 11 is 0. The second-order valence-corrected chi connectivity index (χ2v) is 6.11. The van der Waals surface area contributed by atoms with Crippen molar-refractivity contribution in [3.8, 4) is 0 Å². The van der Waals surface area contributed by atoms with Gasteiger partial charge in [0.05, 0.1) is 17.4 Å². The Balaban J connectivity index is 1.64. The van der Waals surface area contributed by atoms with Gasteiger partial charge >= 0.3 is 0 Å². The van der Waals surface area contributed by atoms with Crippen molar-refractivity contribution in [2.75, 3.05) is 5.32 Å². The molecule has 5 heteroatoms. The molecule has 2 aliphatic rings. The van der Waals surface area contributed by atoms with E-state index in [0.29, 0.717) is 12.0 Å². The van der Waals surface area contributed by atoms with Gasteiger partial charge in [0.25, 0.3) is 0 Å². The monoisotopic (exact) mass is 276 g/mol. The molecule has 1 aliphatic carbocycles. The molecule has 3 rings (SSSR count). The molecule has 0 bridgehead atoms. The highest BCUT2D eigenvalue weighted by atomic mass is 16.2. The maximum absolute atomic E-state index is 12.4. The van der Waals surface area contributed by atoms with Gasteiger partial charge < -0.3 is 10.6 Å². The summed E-state index contributed by atoms with van der Waals surface area (Å²) in [5, 5.41) is 10.9. The third-order valence-corrected chi connectivity index (χ3v) is 4.68. The number of amides is 1. The van der Waals surface area contributed by atoms with Crippen LogP contribution in [0.3, 0.4) is 0 Å². The van der Waals surface area contributed by atoms with E-state index in [9.17, 15) is 4.79 Å². The first-order valence-electron chi connectivity index (χ1n) is 7.76. The number of aryl methyl sites for hydroxylation is 2. The summed E-state index contributed by atoms with van der Waals surface area (Å²) in [7, 11) is 1.89. The fourth-order valence-electron chi connectivity index (χ4n) is 3.64. The Morgan fingerprint density at radius 3 is 3.05 bits per heavy atom.